The number of halogens is 1. The monoisotopic (exact) mass is 304 g/mol. The minimum atomic E-state index is -0.769. The molecule has 0 bridgehead atoms. The van der Waals surface area contributed by atoms with Gasteiger partial charge in [0.2, 0.25) is 0 Å². The van der Waals surface area contributed by atoms with Crippen LogP contribution in [0.25, 0.3) is 0 Å². The Bertz CT molecular complexity index is 700. The highest BCUT2D eigenvalue weighted by Gasteiger charge is 2.17. The predicted octanol–water partition coefficient (Wildman–Crippen LogP) is 1.80. The maximum atomic E-state index is 13.5. The molecule has 0 unspecified atom stereocenters. The molecular formula is C14H13FN4O3. The highest BCUT2D eigenvalue weighted by Crippen LogP contribution is 2.19. The van der Waals surface area contributed by atoms with Crippen LogP contribution in [0.2, 0.25) is 0 Å². The average Bonchev–Trinajstić information content (AvgIpc) is 2.47. The molecule has 0 atom stereocenters. The molecule has 2 aromatic carbocycles. The Labute approximate surface area is 125 Å². The van der Waals surface area contributed by atoms with Crippen molar-refractivity contribution in [3.63, 3.8) is 0 Å². The van der Waals surface area contributed by atoms with E-state index in [1.54, 1.807) is 18.2 Å². The predicted molar refractivity (Wildman–Crippen MR) is 79.0 cm³/mol. The van der Waals surface area contributed by atoms with Crippen LogP contribution in [0.1, 0.15) is 15.9 Å². The smallest absolute Gasteiger partial charge is 0.270 e. The number of nitrogens with two attached hydrogens (primary N) is 2. The fourth-order valence-electron chi connectivity index (χ4n) is 1.55. The van der Waals surface area contributed by atoms with Gasteiger partial charge in [0.25, 0.3) is 5.69 Å². The van der Waals surface area contributed by atoms with Crippen LogP contribution in [0.5, 0.6) is 0 Å². The van der Waals surface area contributed by atoms with Crippen LogP contribution in [0.15, 0.2) is 48.5 Å². The molecule has 0 saturated carbocycles. The molecule has 0 heterocycles. The van der Waals surface area contributed by atoms with Gasteiger partial charge in [-0.3, -0.25) is 20.3 Å². The van der Waals surface area contributed by atoms with Crippen molar-refractivity contribution in [3.8, 4) is 0 Å². The van der Waals surface area contributed by atoms with E-state index in [1.807, 2.05) is 0 Å². The summed E-state index contributed by atoms with van der Waals surface area (Å²) in [6, 6.07) is 11.0. The van der Waals surface area contributed by atoms with Crippen LogP contribution in [0.3, 0.4) is 0 Å². The van der Waals surface area contributed by atoms with Gasteiger partial charge in [-0.2, -0.15) is 0 Å². The maximum Gasteiger partial charge on any atom is 0.270 e. The van der Waals surface area contributed by atoms with Crippen molar-refractivity contribution < 1.29 is 14.1 Å². The summed E-state index contributed by atoms with van der Waals surface area (Å²) in [5.41, 5.74) is 8.63. The Balaban J connectivity index is 0.000000541. The Morgan fingerprint density at radius 1 is 1.14 bits per heavy atom. The number of carbonyl (C=O) groups excluding carboxylic acids is 1. The third-order valence-electron chi connectivity index (χ3n) is 2.44. The van der Waals surface area contributed by atoms with Crippen molar-refractivity contribution in [2.75, 3.05) is 0 Å². The molecule has 114 valence electrons. The van der Waals surface area contributed by atoms with Crippen LogP contribution in [-0.2, 0) is 0 Å². The lowest BCUT2D eigenvalue weighted by Gasteiger charge is -2.02. The number of nitro groups is 1. The van der Waals surface area contributed by atoms with Gasteiger partial charge in [-0.05, 0) is 6.07 Å². The number of non-ortho nitro benzene ring substituents is 1. The van der Waals surface area contributed by atoms with Gasteiger partial charge in [0.15, 0.2) is 11.7 Å². The highest BCUT2D eigenvalue weighted by atomic mass is 19.1. The van der Waals surface area contributed by atoms with Gasteiger partial charge in [-0.25, -0.2) is 4.39 Å². The molecule has 0 fully saturated rings. The lowest BCUT2D eigenvalue weighted by Crippen LogP contribution is -2.20. The Morgan fingerprint density at radius 2 is 1.68 bits per heavy atom. The molecule has 0 saturated heterocycles. The number of nitro benzene ring substituents is 1. The minimum Gasteiger partial charge on any atom is -0.370 e. The molecule has 0 radical (unpaired) electrons. The van der Waals surface area contributed by atoms with E-state index >= 15 is 0 Å². The van der Waals surface area contributed by atoms with Gasteiger partial charge in [-0.15, -0.1) is 0 Å². The van der Waals surface area contributed by atoms with Crippen molar-refractivity contribution in [2.24, 2.45) is 11.5 Å². The number of nitrogens with one attached hydrogen (secondary N) is 1. The van der Waals surface area contributed by atoms with Gasteiger partial charge in [0, 0.05) is 17.7 Å². The normalized spacial score (nSPS) is 9.32. The second-order valence-electron chi connectivity index (χ2n) is 4.07. The van der Waals surface area contributed by atoms with Crippen LogP contribution in [0, 0.1) is 21.3 Å². The standard InChI is InChI=1S/C13H8FNO3.CH5N3/c14-12-7-6-10(15(17)18)8-11(12)13(16)9-4-2-1-3-5-9;2-1(3)4/h1-8H;(H5,2,3,4). The maximum absolute atomic E-state index is 13.5. The number of benzene rings is 2. The first-order chi connectivity index (χ1) is 10.3. The number of carbonyl (C=O) groups is 1. The van der Waals surface area contributed by atoms with Crippen molar-refractivity contribution in [3.05, 3.63) is 75.6 Å². The topological polar surface area (TPSA) is 136 Å². The minimum absolute atomic E-state index is 0.289. The summed E-state index contributed by atoms with van der Waals surface area (Å²) < 4.78 is 13.5. The fraction of sp³-hybridized carbons (Fsp3) is 0. The Kier molecular flexibility index (Phi) is 5.70. The Morgan fingerprint density at radius 3 is 2.18 bits per heavy atom. The number of rotatable bonds is 3. The lowest BCUT2D eigenvalue weighted by atomic mass is 10.0. The SMILES string of the molecule is N=C(N)N.O=C(c1ccccc1)c1cc([N+](=O)[O-])ccc1F. The summed E-state index contributed by atoms with van der Waals surface area (Å²) in [4.78, 5) is 21.9. The zero-order valence-electron chi connectivity index (χ0n) is 11.3. The van der Waals surface area contributed by atoms with E-state index in [1.165, 1.54) is 12.1 Å². The Hall–Kier alpha value is -3.29. The summed E-state index contributed by atoms with van der Waals surface area (Å²) in [7, 11) is 0. The van der Waals surface area contributed by atoms with Crippen LogP contribution in [-0.4, -0.2) is 16.7 Å². The molecule has 0 spiro atoms. The van der Waals surface area contributed by atoms with Gasteiger partial charge in [0.1, 0.15) is 5.82 Å². The van der Waals surface area contributed by atoms with Crippen molar-refractivity contribution in [1.82, 2.24) is 0 Å². The molecule has 2 rings (SSSR count). The summed E-state index contributed by atoms with van der Waals surface area (Å²) in [6.45, 7) is 0. The molecule has 2 aromatic rings. The van der Waals surface area contributed by atoms with E-state index in [4.69, 9.17) is 5.41 Å². The zero-order valence-corrected chi connectivity index (χ0v) is 11.3. The second kappa shape index (κ2) is 7.48. The third kappa shape index (κ3) is 4.67. The molecule has 0 amide bonds. The van der Waals surface area contributed by atoms with Gasteiger partial charge in [-0.1, -0.05) is 30.3 Å². The number of nitrogens with zero attached hydrogens (tertiary/aromatic N) is 1. The summed E-state index contributed by atoms with van der Waals surface area (Å²) in [6.07, 6.45) is 0. The van der Waals surface area contributed by atoms with Gasteiger partial charge < -0.3 is 11.5 Å². The first-order valence-corrected chi connectivity index (χ1v) is 5.96. The third-order valence-corrected chi connectivity index (χ3v) is 2.44. The summed E-state index contributed by atoms with van der Waals surface area (Å²) in [5.74, 6) is -1.67. The van der Waals surface area contributed by atoms with Crippen LogP contribution >= 0.6 is 0 Å². The quantitative estimate of drug-likeness (QED) is 0.261. The molecule has 5 N–H and O–H groups in total. The molecule has 7 nitrogen and oxygen atoms in total. The van der Waals surface area contributed by atoms with Crippen molar-refractivity contribution in [1.29, 1.82) is 5.41 Å². The fourth-order valence-corrected chi connectivity index (χ4v) is 1.55. The van der Waals surface area contributed by atoms with E-state index in [2.05, 4.69) is 11.5 Å². The van der Waals surface area contributed by atoms with E-state index in [-0.39, 0.29) is 22.8 Å². The molecule has 0 aliphatic heterocycles. The van der Waals surface area contributed by atoms with E-state index in [0.29, 0.717) is 0 Å². The van der Waals surface area contributed by atoms with Crippen molar-refractivity contribution >= 4 is 17.4 Å². The number of hydrogen-bond acceptors (Lipinski definition) is 4. The van der Waals surface area contributed by atoms with Crippen molar-refractivity contribution in [2.45, 2.75) is 0 Å². The van der Waals surface area contributed by atoms with E-state index in [9.17, 15) is 19.3 Å². The molecule has 0 aliphatic carbocycles. The average molecular weight is 304 g/mol. The molecular weight excluding hydrogens is 291 g/mol. The van der Waals surface area contributed by atoms with E-state index < -0.39 is 16.5 Å². The second-order valence-corrected chi connectivity index (χ2v) is 4.07. The molecule has 8 heteroatoms. The molecule has 22 heavy (non-hydrogen) atoms. The largest absolute Gasteiger partial charge is 0.370 e. The highest BCUT2D eigenvalue weighted by molar-refractivity contribution is 6.09. The van der Waals surface area contributed by atoms with Crippen LogP contribution < -0.4 is 11.5 Å². The number of ketones is 1. The van der Waals surface area contributed by atoms with E-state index in [0.717, 1.165) is 18.2 Å². The van der Waals surface area contributed by atoms with Gasteiger partial charge in [0.05, 0.1) is 10.5 Å². The first-order valence-electron chi connectivity index (χ1n) is 5.96. The summed E-state index contributed by atoms with van der Waals surface area (Å²) >= 11 is 0. The van der Waals surface area contributed by atoms with Gasteiger partial charge >= 0.3 is 0 Å². The molecule has 0 aliphatic rings. The zero-order chi connectivity index (χ0) is 16.7. The van der Waals surface area contributed by atoms with Crippen LogP contribution in [0.4, 0.5) is 10.1 Å². The number of hydrogen-bond donors (Lipinski definition) is 3. The summed E-state index contributed by atoms with van der Waals surface area (Å²) in [5, 5.41) is 16.7. The lowest BCUT2D eigenvalue weighted by molar-refractivity contribution is -0.384. The first kappa shape index (κ1) is 16.8. The molecule has 0 aromatic heterocycles. The number of guanidine groups is 1.